The van der Waals surface area contributed by atoms with Crippen LogP contribution in [-0.4, -0.2) is 53.0 Å². The Morgan fingerprint density at radius 3 is 2.35 bits per heavy atom. The number of carboxylic acids is 1. The number of rotatable bonds is 9. The van der Waals surface area contributed by atoms with Crippen LogP contribution in [0.5, 0.6) is 5.88 Å². The Balaban J connectivity index is 1.90. The summed E-state index contributed by atoms with van der Waals surface area (Å²) in [6.45, 7) is 2.83. The molecule has 0 aliphatic carbocycles. The number of aliphatic imine (C=N–C) groups is 1. The van der Waals surface area contributed by atoms with Gasteiger partial charge in [0.05, 0.1) is 40.8 Å². The summed E-state index contributed by atoms with van der Waals surface area (Å²) in [6.07, 6.45) is 0.778. The van der Waals surface area contributed by atoms with Gasteiger partial charge >= 0.3 is 5.97 Å². The Labute approximate surface area is 235 Å². The number of nitrogens with two attached hydrogens (primary N) is 1. The first kappa shape index (κ1) is 28.7. The van der Waals surface area contributed by atoms with Crippen LogP contribution in [0.25, 0.3) is 10.9 Å². The molecular weight excluding hydrogens is 556 g/mol. The molecule has 0 fully saturated rings. The number of primary amides is 1. The predicted octanol–water partition coefficient (Wildman–Crippen LogP) is 4.35. The lowest BCUT2D eigenvalue weighted by atomic mass is 9.98. The molecule has 40 heavy (non-hydrogen) atoms. The maximum atomic E-state index is 12.6. The van der Waals surface area contributed by atoms with Crippen molar-refractivity contribution >= 4 is 61.5 Å². The number of anilines is 1. The van der Waals surface area contributed by atoms with Crippen LogP contribution in [0.3, 0.4) is 0 Å². The number of carbonyl (C=O) groups is 2. The van der Waals surface area contributed by atoms with Crippen molar-refractivity contribution in [1.82, 2.24) is 4.98 Å². The minimum atomic E-state index is -3.88. The summed E-state index contributed by atoms with van der Waals surface area (Å²) in [5.74, 6) is -1.98. The molecule has 4 rings (SSSR count). The lowest BCUT2D eigenvalue weighted by Crippen LogP contribution is -2.55. The molecule has 208 valence electrons. The van der Waals surface area contributed by atoms with Crippen LogP contribution in [0, 0.1) is 0 Å². The van der Waals surface area contributed by atoms with Gasteiger partial charge in [-0.15, -0.1) is 0 Å². The topological polar surface area (TPSA) is 166 Å². The lowest BCUT2D eigenvalue weighted by molar-refractivity contribution is -0.136. The third-order valence-corrected chi connectivity index (χ3v) is 7.87. The van der Waals surface area contributed by atoms with Crippen LogP contribution in [0.1, 0.15) is 30.5 Å². The van der Waals surface area contributed by atoms with E-state index in [9.17, 15) is 28.2 Å². The van der Waals surface area contributed by atoms with E-state index in [1.807, 2.05) is 0 Å². The highest BCUT2D eigenvalue weighted by molar-refractivity contribution is 7.92. The number of nitrogens with zero attached hydrogens (tertiary/aromatic N) is 2. The van der Waals surface area contributed by atoms with E-state index in [-0.39, 0.29) is 18.0 Å². The number of carboxylic acid groups (broad SMARTS) is 1. The molecule has 0 bridgehead atoms. The summed E-state index contributed by atoms with van der Waals surface area (Å²) in [7, 11) is -3.88. The molecule has 0 saturated carbocycles. The normalized spacial score (nSPS) is 12.4. The van der Waals surface area contributed by atoms with E-state index in [0.717, 1.165) is 10.6 Å². The molecule has 1 heterocycles. The fourth-order valence-electron chi connectivity index (χ4n) is 4.48. The molecule has 10 nitrogen and oxygen atoms in total. The zero-order valence-corrected chi connectivity index (χ0v) is 23.4. The van der Waals surface area contributed by atoms with Crippen molar-refractivity contribution in [1.29, 1.82) is 0 Å². The number of aromatic amines is 1. The van der Waals surface area contributed by atoms with Crippen LogP contribution >= 0.6 is 11.6 Å². The molecule has 12 heteroatoms. The van der Waals surface area contributed by atoms with Gasteiger partial charge in [-0.3, -0.25) is 13.9 Å². The van der Waals surface area contributed by atoms with E-state index in [1.54, 1.807) is 54.6 Å². The zero-order valence-electron chi connectivity index (χ0n) is 21.8. The maximum Gasteiger partial charge on any atom is 0.307 e. The quantitative estimate of drug-likeness (QED) is 0.214. The van der Waals surface area contributed by atoms with Gasteiger partial charge in [0, 0.05) is 16.0 Å². The number of amides is 1. The van der Waals surface area contributed by atoms with Crippen LogP contribution < -0.4 is 10.0 Å². The van der Waals surface area contributed by atoms with Crippen molar-refractivity contribution in [3.63, 3.8) is 0 Å². The summed E-state index contributed by atoms with van der Waals surface area (Å²) in [5.41, 5.74) is 6.92. The molecule has 0 saturated heterocycles. The smallest absolute Gasteiger partial charge is 0.307 e. The zero-order chi connectivity index (χ0) is 29.4. The molecule has 0 radical (unpaired) electrons. The summed E-state index contributed by atoms with van der Waals surface area (Å²) in [5, 5.41) is 21.3. The molecule has 0 unspecified atom stereocenters. The van der Waals surface area contributed by atoms with Gasteiger partial charge < -0.3 is 20.9 Å². The number of hydrogen-bond acceptors (Lipinski definition) is 6. The molecule has 1 aromatic heterocycles. The molecule has 0 atom stereocenters. The van der Waals surface area contributed by atoms with E-state index in [1.165, 1.54) is 26.0 Å². The third kappa shape index (κ3) is 5.80. The van der Waals surface area contributed by atoms with Gasteiger partial charge in [-0.05, 0) is 61.9 Å². The summed E-state index contributed by atoms with van der Waals surface area (Å²) in [4.78, 5) is 31.1. The van der Waals surface area contributed by atoms with Gasteiger partial charge in [0.15, 0.2) is 5.88 Å². The first-order chi connectivity index (χ1) is 18.7. The number of aromatic nitrogens is 1. The molecule has 0 aliphatic rings. The number of hydrogen-bond donors (Lipinski definition) is 4. The van der Waals surface area contributed by atoms with Gasteiger partial charge in [-0.2, -0.15) is 0 Å². The Kier molecular flexibility index (Phi) is 7.64. The fraction of sp³-hybridized carbons (Fsp3) is 0.179. The molecule has 1 amide bonds. The Bertz CT molecular complexity index is 1760. The van der Waals surface area contributed by atoms with Crippen LogP contribution in [0.2, 0.25) is 5.02 Å². The number of halogens is 1. The number of nitrogens with one attached hydrogen (secondary N) is 1. The van der Waals surface area contributed by atoms with Gasteiger partial charge in [0.1, 0.15) is 5.54 Å². The standard InChI is InChI=1S/C28H27ClN4O6S/c1-28(2,27(30)37)33(40(3,38)39)20-10-8-19(9-11-20)31-25(17-6-4-5-16(13-17)14-23(34)35)24-21-12-7-18(29)15-22(21)32-26(24)36/h4-13,15,32,36H,14H2,1-3H3,(H2,30,37)(H,34,35). The second-order valence-corrected chi connectivity index (χ2v) is 12.0. The molecule has 0 aliphatic heterocycles. The maximum absolute atomic E-state index is 12.6. The largest absolute Gasteiger partial charge is 0.494 e. The van der Waals surface area contributed by atoms with Crippen molar-refractivity contribution in [2.75, 3.05) is 10.6 Å². The number of aliphatic carboxylic acids is 1. The number of fused-ring (bicyclic) bond motifs is 1. The van der Waals surface area contributed by atoms with Crippen LogP contribution in [0.4, 0.5) is 11.4 Å². The van der Waals surface area contributed by atoms with Gasteiger partial charge in [0.2, 0.25) is 15.9 Å². The second kappa shape index (κ2) is 10.7. The first-order valence-electron chi connectivity index (χ1n) is 12.0. The third-order valence-electron chi connectivity index (χ3n) is 6.30. The van der Waals surface area contributed by atoms with E-state index in [0.29, 0.717) is 44.0 Å². The first-order valence-corrected chi connectivity index (χ1v) is 14.2. The predicted molar refractivity (Wildman–Crippen MR) is 155 cm³/mol. The average molecular weight is 583 g/mol. The minimum absolute atomic E-state index is 0.164. The highest BCUT2D eigenvalue weighted by Crippen LogP contribution is 2.34. The molecular formula is C28H27ClN4O6S. The lowest BCUT2D eigenvalue weighted by Gasteiger charge is -2.35. The summed E-state index contributed by atoms with van der Waals surface area (Å²) in [6, 6.07) is 18.0. The number of aromatic hydroxyl groups is 1. The van der Waals surface area contributed by atoms with Crippen LogP contribution in [0.15, 0.2) is 71.7 Å². The second-order valence-electron chi connectivity index (χ2n) is 9.74. The Morgan fingerprint density at radius 1 is 1.07 bits per heavy atom. The molecule has 3 aromatic carbocycles. The average Bonchev–Trinajstić information content (AvgIpc) is 3.16. The van der Waals surface area contributed by atoms with Crippen LogP contribution in [-0.2, 0) is 26.0 Å². The van der Waals surface area contributed by atoms with Crippen molar-refractivity contribution in [2.45, 2.75) is 25.8 Å². The van der Waals surface area contributed by atoms with Crippen molar-refractivity contribution < 1.29 is 28.2 Å². The highest BCUT2D eigenvalue weighted by atomic mass is 35.5. The molecule has 0 spiro atoms. The van der Waals surface area contributed by atoms with E-state index in [2.05, 4.69) is 4.98 Å². The van der Waals surface area contributed by atoms with Crippen molar-refractivity contribution in [2.24, 2.45) is 10.7 Å². The van der Waals surface area contributed by atoms with Gasteiger partial charge in [-0.1, -0.05) is 35.9 Å². The van der Waals surface area contributed by atoms with Crippen molar-refractivity contribution in [3.05, 3.63) is 88.4 Å². The Morgan fingerprint density at radius 2 is 1.75 bits per heavy atom. The SMILES string of the molecule is CC(C)(C(N)=O)N(c1ccc(N=C(c2cccc(CC(=O)O)c2)c2c(O)[nH]c3cc(Cl)ccc23)cc1)S(C)(=O)=O. The van der Waals surface area contributed by atoms with E-state index < -0.39 is 27.4 Å². The number of carbonyl (C=O) groups excluding carboxylic acids is 1. The minimum Gasteiger partial charge on any atom is -0.494 e. The monoisotopic (exact) mass is 582 g/mol. The molecule has 4 aromatic rings. The summed E-state index contributed by atoms with van der Waals surface area (Å²) >= 11 is 6.14. The van der Waals surface area contributed by atoms with Crippen molar-refractivity contribution in [3.8, 4) is 5.88 Å². The highest BCUT2D eigenvalue weighted by Gasteiger charge is 2.39. The Hall–Kier alpha value is -4.35. The number of H-pyrrole nitrogens is 1. The number of sulfonamides is 1. The van der Waals surface area contributed by atoms with E-state index >= 15 is 0 Å². The van der Waals surface area contributed by atoms with Gasteiger partial charge in [0.25, 0.3) is 0 Å². The molecule has 5 N–H and O–H groups in total. The summed E-state index contributed by atoms with van der Waals surface area (Å²) < 4.78 is 26.1. The number of benzene rings is 3. The fourth-order valence-corrected chi connectivity index (χ4v) is 6.08. The van der Waals surface area contributed by atoms with E-state index in [4.69, 9.17) is 22.3 Å². The van der Waals surface area contributed by atoms with Gasteiger partial charge in [-0.25, -0.2) is 13.4 Å².